The van der Waals surface area contributed by atoms with Crippen molar-refractivity contribution in [3.63, 3.8) is 0 Å². The standard InChI is InChI=1S/C14H17ClN2O2/c1-18-12-8-11(13(19-2)7-10(12)15)17-9-14(3-4-14)5-6-16/h7-8,17H,3-5,9H2,1-2H3. The summed E-state index contributed by atoms with van der Waals surface area (Å²) >= 11 is 6.06. The van der Waals surface area contributed by atoms with Gasteiger partial charge >= 0.3 is 0 Å². The maximum Gasteiger partial charge on any atom is 0.143 e. The lowest BCUT2D eigenvalue weighted by atomic mass is 10.0. The SMILES string of the molecule is COc1cc(NCC2(CC#N)CC2)c(OC)cc1Cl. The number of anilines is 1. The molecule has 0 atom stereocenters. The molecule has 0 aromatic heterocycles. The Kier molecular flexibility index (Phi) is 4.06. The highest BCUT2D eigenvalue weighted by Crippen LogP contribution is 2.49. The van der Waals surface area contributed by atoms with Crippen LogP contribution in [0.4, 0.5) is 5.69 Å². The molecule has 0 heterocycles. The van der Waals surface area contributed by atoms with Gasteiger partial charge in [-0.25, -0.2) is 0 Å². The van der Waals surface area contributed by atoms with E-state index in [4.69, 9.17) is 26.3 Å². The molecule has 0 unspecified atom stereocenters. The Bertz CT molecular complexity index is 507. The molecule has 1 N–H and O–H groups in total. The summed E-state index contributed by atoms with van der Waals surface area (Å²) < 4.78 is 10.5. The maximum atomic E-state index is 8.82. The molecule has 0 bridgehead atoms. The monoisotopic (exact) mass is 280 g/mol. The topological polar surface area (TPSA) is 54.3 Å². The van der Waals surface area contributed by atoms with Gasteiger partial charge in [-0.05, 0) is 12.8 Å². The Labute approximate surface area is 118 Å². The van der Waals surface area contributed by atoms with Crippen molar-refractivity contribution in [2.45, 2.75) is 19.3 Å². The number of ether oxygens (including phenoxy) is 2. The van der Waals surface area contributed by atoms with E-state index in [1.54, 1.807) is 20.3 Å². The van der Waals surface area contributed by atoms with Crippen molar-refractivity contribution in [2.75, 3.05) is 26.1 Å². The smallest absolute Gasteiger partial charge is 0.143 e. The van der Waals surface area contributed by atoms with Gasteiger partial charge in [0.05, 0.1) is 31.0 Å². The molecule has 4 nitrogen and oxygen atoms in total. The van der Waals surface area contributed by atoms with Crippen LogP contribution in [0.5, 0.6) is 11.5 Å². The van der Waals surface area contributed by atoms with Crippen LogP contribution in [0.15, 0.2) is 12.1 Å². The fourth-order valence-electron chi connectivity index (χ4n) is 2.04. The van der Waals surface area contributed by atoms with Gasteiger partial charge in [0.25, 0.3) is 0 Å². The summed E-state index contributed by atoms with van der Waals surface area (Å²) in [6, 6.07) is 5.80. The van der Waals surface area contributed by atoms with E-state index in [0.29, 0.717) is 22.9 Å². The zero-order valence-electron chi connectivity index (χ0n) is 11.1. The summed E-state index contributed by atoms with van der Waals surface area (Å²) in [5.74, 6) is 1.29. The fraction of sp³-hybridized carbons (Fsp3) is 0.500. The first kappa shape index (κ1) is 13.8. The van der Waals surface area contributed by atoms with Gasteiger partial charge in [0.1, 0.15) is 11.5 Å². The lowest BCUT2D eigenvalue weighted by molar-refractivity contribution is 0.404. The molecule has 5 heteroatoms. The van der Waals surface area contributed by atoms with E-state index in [2.05, 4.69) is 11.4 Å². The minimum atomic E-state index is 0.132. The lowest BCUT2D eigenvalue weighted by Crippen LogP contribution is -2.15. The number of hydrogen-bond donors (Lipinski definition) is 1. The Morgan fingerprint density at radius 1 is 1.32 bits per heavy atom. The van der Waals surface area contributed by atoms with Crippen molar-refractivity contribution in [1.29, 1.82) is 5.26 Å². The van der Waals surface area contributed by atoms with Crippen LogP contribution in [0.25, 0.3) is 0 Å². The predicted octanol–water partition coefficient (Wildman–Crippen LogP) is 3.46. The van der Waals surface area contributed by atoms with Crippen LogP contribution in [0, 0.1) is 16.7 Å². The average molecular weight is 281 g/mol. The second-order valence-corrected chi connectivity index (χ2v) is 5.28. The van der Waals surface area contributed by atoms with Gasteiger partial charge in [0.15, 0.2) is 0 Å². The van der Waals surface area contributed by atoms with E-state index in [1.807, 2.05) is 6.07 Å². The first-order valence-electron chi connectivity index (χ1n) is 6.16. The zero-order chi connectivity index (χ0) is 13.9. The molecule has 1 saturated carbocycles. The molecule has 1 fully saturated rings. The molecule has 1 aromatic rings. The van der Waals surface area contributed by atoms with Crippen LogP contribution >= 0.6 is 11.6 Å². The van der Waals surface area contributed by atoms with Gasteiger partial charge < -0.3 is 14.8 Å². The molecule has 0 spiro atoms. The first-order valence-corrected chi connectivity index (χ1v) is 6.54. The maximum absolute atomic E-state index is 8.82. The van der Waals surface area contributed by atoms with Crippen molar-refractivity contribution in [1.82, 2.24) is 0 Å². The van der Waals surface area contributed by atoms with Crippen molar-refractivity contribution in [3.8, 4) is 17.6 Å². The van der Waals surface area contributed by atoms with E-state index in [9.17, 15) is 0 Å². The van der Waals surface area contributed by atoms with Crippen LogP contribution in [-0.2, 0) is 0 Å². The van der Waals surface area contributed by atoms with Crippen LogP contribution in [0.1, 0.15) is 19.3 Å². The highest BCUT2D eigenvalue weighted by molar-refractivity contribution is 6.32. The van der Waals surface area contributed by atoms with Gasteiger partial charge in [-0.2, -0.15) is 5.26 Å². The number of halogens is 1. The number of hydrogen-bond acceptors (Lipinski definition) is 4. The number of methoxy groups -OCH3 is 2. The molecule has 0 saturated heterocycles. The summed E-state index contributed by atoms with van der Waals surface area (Å²) in [5, 5.41) is 12.7. The highest BCUT2D eigenvalue weighted by atomic mass is 35.5. The highest BCUT2D eigenvalue weighted by Gasteiger charge is 2.42. The van der Waals surface area contributed by atoms with Crippen LogP contribution in [-0.4, -0.2) is 20.8 Å². The zero-order valence-corrected chi connectivity index (χ0v) is 11.9. The number of rotatable bonds is 6. The number of nitrogens with zero attached hydrogens (tertiary/aromatic N) is 1. The molecule has 1 aliphatic rings. The summed E-state index contributed by atoms with van der Waals surface area (Å²) in [6.45, 7) is 0.766. The Hall–Kier alpha value is -1.60. The van der Waals surface area contributed by atoms with Gasteiger partial charge in [0.2, 0.25) is 0 Å². The Morgan fingerprint density at radius 2 is 2.00 bits per heavy atom. The first-order chi connectivity index (χ1) is 9.14. The average Bonchev–Trinajstić information content (AvgIpc) is 3.17. The third-order valence-corrected chi connectivity index (χ3v) is 3.83. The minimum Gasteiger partial charge on any atom is -0.495 e. The second-order valence-electron chi connectivity index (χ2n) is 4.88. The van der Waals surface area contributed by atoms with E-state index in [0.717, 1.165) is 25.1 Å². The van der Waals surface area contributed by atoms with Crippen LogP contribution < -0.4 is 14.8 Å². The van der Waals surface area contributed by atoms with Crippen LogP contribution in [0.2, 0.25) is 5.02 Å². The predicted molar refractivity (Wildman–Crippen MR) is 74.9 cm³/mol. The minimum absolute atomic E-state index is 0.132. The van der Waals surface area contributed by atoms with E-state index in [-0.39, 0.29) is 5.41 Å². The summed E-state index contributed by atoms with van der Waals surface area (Å²) in [5.41, 5.74) is 0.972. The third-order valence-electron chi connectivity index (χ3n) is 3.54. The summed E-state index contributed by atoms with van der Waals surface area (Å²) in [6.07, 6.45) is 2.79. The Balaban J connectivity index is 2.13. The normalized spacial score (nSPS) is 15.5. The van der Waals surface area contributed by atoms with Crippen molar-refractivity contribution in [2.24, 2.45) is 5.41 Å². The number of nitrogens with one attached hydrogen (secondary N) is 1. The van der Waals surface area contributed by atoms with E-state index >= 15 is 0 Å². The molecule has 19 heavy (non-hydrogen) atoms. The molecule has 1 aliphatic carbocycles. The summed E-state index contributed by atoms with van der Waals surface area (Å²) in [4.78, 5) is 0. The van der Waals surface area contributed by atoms with Gasteiger partial charge in [-0.3, -0.25) is 0 Å². The number of nitriles is 1. The van der Waals surface area contributed by atoms with Gasteiger partial charge in [-0.15, -0.1) is 0 Å². The van der Waals surface area contributed by atoms with Crippen molar-refractivity contribution >= 4 is 17.3 Å². The molecule has 0 aliphatic heterocycles. The molecular formula is C14H17ClN2O2. The van der Waals surface area contributed by atoms with Gasteiger partial charge in [0, 0.05) is 30.5 Å². The molecular weight excluding hydrogens is 264 g/mol. The van der Waals surface area contributed by atoms with Crippen molar-refractivity contribution in [3.05, 3.63) is 17.2 Å². The van der Waals surface area contributed by atoms with Gasteiger partial charge in [-0.1, -0.05) is 11.6 Å². The van der Waals surface area contributed by atoms with E-state index < -0.39 is 0 Å². The molecule has 2 rings (SSSR count). The molecule has 0 radical (unpaired) electrons. The third kappa shape index (κ3) is 3.05. The molecule has 1 aromatic carbocycles. The van der Waals surface area contributed by atoms with E-state index in [1.165, 1.54) is 0 Å². The quantitative estimate of drug-likeness (QED) is 0.867. The fourth-order valence-corrected chi connectivity index (χ4v) is 2.27. The van der Waals surface area contributed by atoms with Crippen LogP contribution in [0.3, 0.4) is 0 Å². The largest absolute Gasteiger partial charge is 0.495 e. The Morgan fingerprint density at radius 3 is 2.53 bits per heavy atom. The molecule has 0 amide bonds. The van der Waals surface area contributed by atoms with Crippen molar-refractivity contribution < 1.29 is 9.47 Å². The number of benzene rings is 1. The summed E-state index contributed by atoms with van der Waals surface area (Å²) in [7, 11) is 3.18. The second kappa shape index (κ2) is 5.58. The molecule has 102 valence electrons. The lowest BCUT2D eigenvalue weighted by Gasteiger charge is -2.17.